The molecule has 4 aliphatic rings. The van der Waals surface area contributed by atoms with Gasteiger partial charge in [-0.05, 0) is 121 Å². The first-order chi connectivity index (χ1) is 32.6. The summed E-state index contributed by atoms with van der Waals surface area (Å²) < 4.78 is 1.97. The molecule has 0 amide bonds. The van der Waals surface area contributed by atoms with Crippen molar-refractivity contribution in [3.8, 4) is 11.1 Å². The van der Waals surface area contributed by atoms with Crippen LogP contribution in [0.2, 0.25) is 0 Å². The van der Waals surface area contributed by atoms with Crippen molar-refractivity contribution in [1.82, 2.24) is 25.4 Å². The molecule has 1 fully saturated rings. The normalized spacial score (nSPS) is 18.6. The molecule has 0 radical (unpaired) electrons. The van der Waals surface area contributed by atoms with Crippen LogP contribution < -0.4 is 20.9 Å². The largest absolute Gasteiger partial charge is 0.363 e. The Morgan fingerprint density at radius 3 is 2.51 bits per heavy atom. The maximum atomic E-state index is 5.20. The first-order valence-corrected chi connectivity index (χ1v) is 24.2. The Bertz CT molecular complexity index is 3070. The number of aliphatic imine (C=N–C) groups is 1. The minimum atomic E-state index is 0.173. The number of aromatic nitrogens is 3. The highest BCUT2D eigenvalue weighted by atomic mass is 32.2. The molecule has 1 saturated heterocycles. The van der Waals surface area contributed by atoms with Crippen molar-refractivity contribution in [1.29, 1.82) is 0 Å². The number of fused-ring (bicyclic) bond motifs is 3. The van der Waals surface area contributed by atoms with Gasteiger partial charge in [0.15, 0.2) is 5.17 Å². The van der Waals surface area contributed by atoms with Gasteiger partial charge in [0.05, 0.1) is 28.2 Å². The number of allylic oxidation sites excluding steroid dienone is 5. The minimum Gasteiger partial charge on any atom is -0.363 e. The average molecular weight is 899 g/mol. The quantitative estimate of drug-likeness (QED) is 0.106. The molecule has 6 aromatic rings. The number of rotatable bonds is 13. The molecule has 3 unspecified atom stereocenters. The maximum absolute atomic E-state index is 5.20. The second-order valence-corrected chi connectivity index (χ2v) is 19.4. The Morgan fingerprint density at radius 2 is 1.70 bits per heavy atom. The van der Waals surface area contributed by atoms with Crippen LogP contribution in [0, 0.1) is 6.92 Å². The van der Waals surface area contributed by atoms with E-state index in [1.165, 1.54) is 38.9 Å². The summed E-state index contributed by atoms with van der Waals surface area (Å²) in [7, 11) is 2.01. The molecule has 2 aromatic heterocycles. The monoisotopic (exact) mass is 898 g/mol. The number of hydrogen-bond donors (Lipinski definition) is 3. The molecule has 3 aliphatic heterocycles. The third-order valence-electron chi connectivity index (χ3n) is 13.6. The van der Waals surface area contributed by atoms with Gasteiger partial charge in [0.1, 0.15) is 5.82 Å². The van der Waals surface area contributed by atoms with Crippen molar-refractivity contribution in [3.63, 3.8) is 0 Å². The molecule has 1 aliphatic carbocycles. The summed E-state index contributed by atoms with van der Waals surface area (Å²) in [6, 6.07) is 33.4. The van der Waals surface area contributed by atoms with Crippen LogP contribution >= 0.6 is 11.8 Å². The molecule has 8 nitrogen and oxygen atoms in total. The van der Waals surface area contributed by atoms with Gasteiger partial charge >= 0.3 is 0 Å². The van der Waals surface area contributed by atoms with Crippen molar-refractivity contribution in [2.45, 2.75) is 69.2 Å². The van der Waals surface area contributed by atoms with E-state index in [-0.39, 0.29) is 12.0 Å². The Hall–Kier alpha value is -7.10. The average Bonchev–Trinajstić information content (AvgIpc) is 3.90. The number of piperidine rings is 1. The lowest BCUT2D eigenvalue weighted by Crippen LogP contribution is -2.32. The fourth-order valence-corrected chi connectivity index (χ4v) is 11.1. The third kappa shape index (κ3) is 9.21. The number of amidine groups is 1. The third-order valence-corrected chi connectivity index (χ3v) is 14.7. The summed E-state index contributed by atoms with van der Waals surface area (Å²) >= 11 is 1.76. The second-order valence-electron chi connectivity index (χ2n) is 18.3. The van der Waals surface area contributed by atoms with Crippen LogP contribution in [-0.4, -0.2) is 37.8 Å². The molecular formula is C58H58N8S. The summed E-state index contributed by atoms with van der Waals surface area (Å²) in [5.74, 6) is 1.13. The summed E-state index contributed by atoms with van der Waals surface area (Å²) in [6.07, 6.45) is 15.9. The van der Waals surface area contributed by atoms with E-state index in [2.05, 4.69) is 176 Å². The number of aryl methyl sites for hydroxylation is 3. The Labute approximate surface area is 399 Å². The molecule has 9 heteroatoms. The van der Waals surface area contributed by atoms with Crippen LogP contribution in [0.1, 0.15) is 75.5 Å². The SMILES string of the molecule is C=Cc1nc(N2CCc3cccc(C(=C)NC4=NC5C=CC=CC5S4)c3C2)ccc1-c1ccc(Cc2ccc(CCC(=C)Nc3ccc4c(C5CCC(=C)NC5=C)nn(C)c4c3)cc2)cc1C. The molecular weight excluding hydrogens is 841 g/mol. The summed E-state index contributed by atoms with van der Waals surface area (Å²) in [5.41, 5.74) is 19.1. The van der Waals surface area contributed by atoms with Gasteiger partial charge < -0.3 is 20.9 Å². The molecule has 5 heterocycles. The van der Waals surface area contributed by atoms with Crippen molar-refractivity contribution in [2.75, 3.05) is 16.8 Å². The van der Waals surface area contributed by atoms with Crippen LogP contribution in [0.25, 0.3) is 33.8 Å². The number of anilines is 2. The molecule has 3 atom stereocenters. The number of thioether (sulfide) groups is 1. The predicted octanol–water partition coefficient (Wildman–Crippen LogP) is 12.3. The van der Waals surface area contributed by atoms with E-state index in [0.29, 0.717) is 5.25 Å². The summed E-state index contributed by atoms with van der Waals surface area (Å²) in [4.78, 5) is 12.5. The first-order valence-electron chi connectivity index (χ1n) is 23.3. The second kappa shape index (κ2) is 18.6. The van der Waals surface area contributed by atoms with E-state index in [4.69, 9.17) is 15.1 Å². The fraction of sp³-hybridized carbons (Fsp3) is 0.224. The van der Waals surface area contributed by atoms with Crippen LogP contribution in [0.15, 0.2) is 170 Å². The molecule has 3 N–H and O–H groups in total. The molecule has 0 saturated carbocycles. The van der Waals surface area contributed by atoms with Crippen molar-refractivity contribution < 1.29 is 0 Å². The van der Waals surface area contributed by atoms with Crippen molar-refractivity contribution in [2.24, 2.45) is 12.0 Å². The van der Waals surface area contributed by atoms with Gasteiger partial charge in [-0.1, -0.05) is 130 Å². The highest BCUT2D eigenvalue weighted by molar-refractivity contribution is 8.14. The lowest BCUT2D eigenvalue weighted by atomic mass is 9.90. The fourth-order valence-electron chi connectivity index (χ4n) is 9.99. The van der Waals surface area contributed by atoms with Crippen molar-refractivity contribution >= 4 is 51.1 Å². The lowest BCUT2D eigenvalue weighted by Gasteiger charge is -2.32. The van der Waals surface area contributed by atoms with E-state index in [0.717, 1.165) is 124 Å². The first kappa shape index (κ1) is 43.8. The predicted molar refractivity (Wildman–Crippen MR) is 283 cm³/mol. The molecule has 67 heavy (non-hydrogen) atoms. The topological polar surface area (TPSA) is 82.4 Å². The van der Waals surface area contributed by atoms with E-state index in [1.807, 2.05) is 17.8 Å². The Kier molecular flexibility index (Phi) is 12.2. The molecule has 336 valence electrons. The number of pyridine rings is 1. The Balaban J connectivity index is 0.746. The van der Waals surface area contributed by atoms with Gasteiger partial charge in [0, 0.05) is 71.0 Å². The molecule has 0 bridgehead atoms. The number of nitrogens with one attached hydrogen (secondary N) is 3. The molecule has 10 rings (SSSR count). The molecule has 0 spiro atoms. The summed E-state index contributed by atoms with van der Waals surface area (Å²) in [5, 5.41) is 17.8. The van der Waals surface area contributed by atoms with Crippen LogP contribution in [-0.2, 0) is 32.9 Å². The standard InChI is InChI=1S/C58H58N8S/c1-8-52-49(28-29-56(62-52)66-31-30-44-12-11-13-47(51(44)35-66)39(5)61-58-63-53-14-9-10-15-55(53)67-58)46-26-23-43(32-36(46)2)33-42-21-19-41(20-22-42)18-16-38(4)60-45-24-27-50-54(34-45)65(7)64-57(50)48-25-17-37(3)59-40(48)6/h8-15,19-24,26-29,32,34,48,53,55,59-60H,1,3-6,16-18,25,30-31,33,35H2,2,7H3,(H,61,63). The van der Waals surface area contributed by atoms with Gasteiger partial charge in [-0.2, -0.15) is 5.10 Å². The van der Waals surface area contributed by atoms with Crippen molar-refractivity contribution in [3.05, 3.63) is 216 Å². The van der Waals surface area contributed by atoms with Gasteiger partial charge in [-0.3, -0.25) is 9.67 Å². The van der Waals surface area contributed by atoms with Gasteiger partial charge in [-0.25, -0.2) is 4.98 Å². The van der Waals surface area contributed by atoms with Gasteiger partial charge in [0.2, 0.25) is 0 Å². The highest BCUT2D eigenvalue weighted by Gasteiger charge is 2.29. The number of nitrogens with zero attached hydrogens (tertiary/aromatic N) is 5. The highest BCUT2D eigenvalue weighted by Crippen LogP contribution is 2.38. The summed E-state index contributed by atoms with van der Waals surface area (Å²) in [6.45, 7) is 25.2. The van der Waals surface area contributed by atoms with E-state index >= 15 is 0 Å². The zero-order valence-electron chi connectivity index (χ0n) is 38.6. The lowest BCUT2D eigenvalue weighted by molar-refractivity contribution is 0.575. The zero-order valence-corrected chi connectivity index (χ0v) is 39.4. The van der Waals surface area contributed by atoms with E-state index in [9.17, 15) is 0 Å². The number of hydrogen-bond acceptors (Lipinski definition) is 8. The minimum absolute atomic E-state index is 0.173. The van der Waals surface area contributed by atoms with Crippen LogP contribution in [0.5, 0.6) is 0 Å². The van der Waals surface area contributed by atoms with Crippen LogP contribution in [0.4, 0.5) is 11.5 Å². The number of benzene rings is 4. The Morgan fingerprint density at radius 1 is 0.896 bits per heavy atom. The zero-order chi connectivity index (χ0) is 46.2. The van der Waals surface area contributed by atoms with Gasteiger partial charge in [-0.15, -0.1) is 0 Å². The molecule has 4 aromatic carbocycles. The van der Waals surface area contributed by atoms with E-state index in [1.54, 1.807) is 11.8 Å². The maximum Gasteiger partial charge on any atom is 0.162 e. The van der Waals surface area contributed by atoms with Crippen LogP contribution in [0.3, 0.4) is 0 Å². The van der Waals surface area contributed by atoms with E-state index < -0.39 is 0 Å². The smallest absolute Gasteiger partial charge is 0.162 e. The van der Waals surface area contributed by atoms with Gasteiger partial charge in [0.25, 0.3) is 0 Å².